The van der Waals surface area contributed by atoms with Crippen molar-refractivity contribution in [3.05, 3.63) is 0 Å². The predicted molar refractivity (Wildman–Crippen MR) is 58.5 cm³/mol. The molecule has 88 valence electrons. The molecular weight excluding hydrogens is 194 g/mol. The molecule has 15 heavy (non-hydrogen) atoms. The van der Waals surface area contributed by atoms with Gasteiger partial charge in [-0.2, -0.15) is 0 Å². The fourth-order valence-electron chi connectivity index (χ4n) is 1.10. The fraction of sp³-hybridized carbons (Fsp3) is 0.818. The molecule has 0 saturated carbocycles. The van der Waals surface area contributed by atoms with Crippen LogP contribution < -0.4 is 5.32 Å². The Morgan fingerprint density at radius 2 is 1.87 bits per heavy atom. The Morgan fingerprint density at radius 3 is 2.33 bits per heavy atom. The highest BCUT2D eigenvalue weighted by Crippen LogP contribution is 2.03. The number of carbonyl (C=O) groups is 2. The van der Waals surface area contributed by atoms with E-state index in [0.717, 1.165) is 0 Å². The molecule has 2 N–H and O–H groups in total. The van der Waals surface area contributed by atoms with Crippen LogP contribution in [0.5, 0.6) is 0 Å². The van der Waals surface area contributed by atoms with Crippen LogP contribution in [0.3, 0.4) is 0 Å². The molecule has 0 fully saturated rings. The average molecular weight is 215 g/mol. The lowest BCUT2D eigenvalue weighted by Crippen LogP contribution is -2.46. The number of ketones is 1. The summed E-state index contributed by atoms with van der Waals surface area (Å²) in [6.07, 6.45) is 1.92. The molecule has 0 aliphatic rings. The predicted octanol–water partition coefficient (Wildman–Crippen LogP) is 1.02. The third kappa shape index (κ3) is 7.08. The zero-order valence-electron chi connectivity index (χ0n) is 9.80. The van der Waals surface area contributed by atoms with Crippen LogP contribution in [0.2, 0.25) is 0 Å². The first kappa shape index (κ1) is 14.1. The minimum absolute atomic E-state index is 0.0906. The van der Waals surface area contributed by atoms with Crippen LogP contribution in [0.4, 0.5) is 0 Å². The second kappa shape index (κ2) is 6.56. The largest absolute Gasteiger partial charge is 0.394 e. The maximum Gasteiger partial charge on any atom is 0.220 e. The summed E-state index contributed by atoms with van der Waals surface area (Å²) in [5.74, 6) is 0.0715. The van der Waals surface area contributed by atoms with Gasteiger partial charge in [0.2, 0.25) is 5.91 Å². The van der Waals surface area contributed by atoms with E-state index in [1.165, 1.54) is 0 Å². The van der Waals surface area contributed by atoms with Crippen molar-refractivity contribution in [2.45, 2.75) is 52.0 Å². The third-order valence-electron chi connectivity index (χ3n) is 2.13. The summed E-state index contributed by atoms with van der Waals surface area (Å²) in [5.41, 5.74) is -0.578. The molecule has 0 aromatic carbocycles. The molecule has 0 aromatic rings. The molecule has 0 aliphatic carbocycles. The molecule has 0 aromatic heterocycles. The van der Waals surface area contributed by atoms with E-state index >= 15 is 0 Å². The van der Waals surface area contributed by atoms with Crippen molar-refractivity contribution in [3.8, 4) is 0 Å². The van der Waals surface area contributed by atoms with E-state index in [9.17, 15) is 9.59 Å². The monoisotopic (exact) mass is 215 g/mol. The van der Waals surface area contributed by atoms with Crippen LogP contribution >= 0.6 is 0 Å². The number of hydrogen-bond acceptors (Lipinski definition) is 3. The summed E-state index contributed by atoms with van der Waals surface area (Å²) in [6.45, 7) is 5.23. The van der Waals surface area contributed by atoms with Gasteiger partial charge in [0.05, 0.1) is 12.1 Å². The Kier molecular flexibility index (Phi) is 6.17. The number of Topliss-reactive ketones (excluding diaryl/α,β-unsaturated/α-hetero) is 1. The van der Waals surface area contributed by atoms with Gasteiger partial charge in [-0.3, -0.25) is 9.59 Å². The highest BCUT2D eigenvalue weighted by Gasteiger charge is 2.18. The van der Waals surface area contributed by atoms with E-state index in [1.54, 1.807) is 13.8 Å². The Hall–Kier alpha value is -0.900. The standard InChI is InChI=1S/C11H21NO3/c1-4-9(14)6-5-7-10(15)12-11(2,3)8-13/h13H,4-8H2,1-3H3,(H,12,15). The van der Waals surface area contributed by atoms with E-state index in [-0.39, 0.29) is 18.3 Å². The van der Waals surface area contributed by atoms with Crippen LogP contribution in [0.25, 0.3) is 0 Å². The van der Waals surface area contributed by atoms with E-state index < -0.39 is 5.54 Å². The van der Waals surface area contributed by atoms with Crippen LogP contribution in [-0.2, 0) is 9.59 Å². The number of aliphatic hydroxyl groups excluding tert-OH is 1. The molecule has 0 bridgehead atoms. The number of carbonyl (C=O) groups excluding carboxylic acids is 2. The zero-order valence-corrected chi connectivity index (χ0v) is 9.80. The maximum atomic E-state index is 11.4. The molecular formula is C11H21NO3. The first-order valence-electron chi connectivity index (χ1n) is 5.35. The molecule has 0 atom stereocenters. The Balaban J connectivity index is 3.72. The summed E-state index contributed by atoms with van der Waals surface area (Å²) in [7, 11) is 0. The zero-order chi connectivity index (χ0) is 11.9. The fourth-order valence-corrected chi connectivity index (χ4v) is 1.10. The van der Waals surface area contributed by atoms with E-state index in [2.05, 4.69) is 5.32 Å². The summed E-state index contributed by atoms with van der Waals surface area (Å²) < 4.78 is 0. The van der Waals surface area contributed by atoms with Gasteiger partial charge in [-0.05, 0) is 20.3 Å². The highest BCUT2D eigenvalue weighted by atomic mass is 16.3. The quantitative estimate of drug-likeness (QED) is 0.666. The number of rotatable bonds is 7. The van der Waals surface area contributed by atoms with Crippen molar-refractivity contribution in [3.63, 3.8) is 0 Å². The van der Waals surface area contributed by atoms with E-state index in [1.807, 2.05) is 6.92 Å². The van der Waals surface area contributed by atoms with Crippen molar-refractivity contribution < 1.29 is 14.7 Å². The first-order valence-corrected chi connectivity index (χ1v) is 5.35. The maximum absolute atomic E-state index is 11.4. The first-order chi connectivity index (χ1) is 6.91. The number of hydrogen-bond donors (Lipinski definition) is 2. The van der Waals surface area contributed by atoms with Gasteiger partial charge < -0.3 is 10.4 Å². The third-order valence-corrected chi connectivity index (χ3v) is 2.13. The molecule has 0 saturated heterocycles. The Labute approximate surface area is 91.1 Å². The van der Waals surface area contributed by atoms with Crippen molar-refractivity contribution in [1.82, 2.24) is 5.32 Å². The smallest absolute Gasteiger partial charge is 0.220 e. The van der Waals surface area contributed by atoms with Gasteiger partial charge in [0.15, 0.2) is 0 Å². The molecule has 0 heterocycles. The molecule has 4 heteroatoms. The van der Waals surface area contributed by atoms with Crippen molar-refractivity contribution in [1.29, 1.82) is 0 Å². The van der Waals surface area contributed by atoms with Gasteiger partial charge in [0.25, 0.3) is 0 Å². The Bertz CT molecular complexity index is 224. The molecule has 4 nitrogen and oxygen atoms in total. The average Bonchev–Trinajstić information content (AvgIpc) is 2.16. The van der Waals surface area contributed by atoms with Crippen LogP contribution in [0, 0.1) is 0 Å². The van der Waals surface area contributed by atoms with Gasteiger partial charge in [-0.25, -0.2) is 0 Å². The van der Waals surface area contributed by atoms with Crippen LogP contribution in [-0.4, -0.2) is 28.9 Å². The van der Waals surface area contributed by atoms with Crippen LogP contribution in [0.15, 0.2) is 0 Å². The van der Waals surface area contributed by atoms with Crippen LogP contribution in [0.1, 0.15) is 46.5 Å². The second-order valence-corrected chi connectivity index (χ2v) is 4.34. The summed E-state index contributed by atoms with van der Waals surface area (Å²) in [6, 6.07) is 0. The van der Waals surface area contributed by atoms with Gasteiger partial charge in [-0.15, -0.1) is 0 Å². The second-order valence-electron chi connectivity index (χ2n) is 4.34. The minimum atomic E-state index is -0.578. The van der Waals surface area contributed by atoms with Crippen molar-refractivity contribution >= 4 is 11.7 Å². The Morgan fingerprint density at radius 1 is 1.27 bits per heavy atom. The van der Waals surface area contributed by atoms with Gasteiger partial charge in [0, 0.05) is 19.3 Å². The molecule has 0 aliphatic heterocycles. The lowest BCUT2D eigenvalue weighted by atomic mass is 10.1. The van der Waals surface area contributed by atoms with Gasteiger partial charge in [0.1, 0.15) is 5.78 Å². The topological polar surface area (TPSA) is 66.4 Å². The highest BCUT2D eigenvalue weighted by molar-refractivity contribution is 5.80. The molecule has 1 amide bonds. The SMILES string of the molecule is CCC(=O)CCCC(=O)NC(C)(C)CO. The number of aliphatic hydroxyl groups is 1. The summed E-state index contributed by atoms with van der Waals surface area (Å²) in [5, 5.41) is 11.6. The lowest BCUT2D eigenvalue weighted by Gasteiger charge is -2.23. The summed E-state index contributed by atoms with van der Waals surface area (Å²) in [4.78, 5) is 22.3. The lowest BCUT2D eigenvalue weighted by molar-refractivity contribution is -0.123. The van der Waals surface area contributed by atoms with E-state index in [4.69, 9.17) is 5.11 Å². The molecule has 0 spiro atoms. The van der Waals surface area contributed by atoms with Gasteiger partial charge in [-0.1, -0.05) is 6.92 Å². The van der Waals surface area contributed by atoms with Crippen molar-refractivity contribution in [2.24, 2.45) is 0 Å². The number of nitrogens with one attached hydrogen (secondary N) is 1. The normalized spacial score (nSPS) is 11.2. The van der Waals surface area contributed by atoms with Gasteiger partial charge >= 0.3 is 0 Å². The molecule has 0 radical (unpaired) electrons. The molecule has 0 rings (SSSR count). The van der Waals surface area contributed by atoms with E-state index in [0.29, 0.717) is 25.7 Å². The summed E-state index contributed by atoms with van der Waals surface area (Å²) >= 11 is 0. The van der Waals surface area contributed by atoms with Crippen molar-refractivity contribution in [2.75, 3.05) is 6.61 Å². The minimum Gasteiger partial charge on any atom is -0.394 e. The number of amides is 1. The molecule has 0 unspecified atom stereocenters.